The zero-order valence-electron chi connectivity index (χ0n) is 8.79. The Hall–Kier alpha value is -1.30. The van der Waals surface area contributed by atoms with Crippen molar-refractivity contribution in [2.45, 2.75) is 6.42 Å². The third-order valence-corrected chi connectivity index (χ3v) is 3.69. The van der Waals surface area contributed by atoms with Gasteiger partial charge in [0, 0.05) is 11.8 Å². The van der Waals surface area contributed by atoms with Gasteiger partial charge in [0.05, 0.1) is 0 Å². The lowest BCUT2D eigenvalue weighted by atomic mass is 9.86. The first-order valence-corrected chi connectivity index (χ1v) is 5.82. The van der Waals surface area contributed by atoms with Gasteiger partial charge in [-0.1, -0.05) is 60.8 Å². The molecule has 0 aromatic heterocycles. The number of hydrogen-bond donors (Lipinski definition) is 0. The van der Waals surface area contributed by atoms with E-state index in [4.69, 9.17) is 0 Å². The van der Waals surface area contributed by atoms with Gasteiger partial charge in [0.15, 0.2) is 0 Å². The molecule has 0 saturated carbocycles. The molecule has 0 aromatic rings. The van der Waals surface area contributed by atoms with Crippen molar-refractivity contribution in [2.24, 2.45) is 23.7 Å². The average molecular weight is 196 g/mol. The van der Waals surface area contributed by atoms with Gasteiger partial charge in [-0.3, -0.25) is 0 Å². The van der Waals surface area contributed by atoms with E-state index in [1.807, 2.05) is 0 Å². The van der Waals surface area contributed by atoms with E-state index in [1.54, 1.807) is 0 Å². The molecule has 2 unspecified atom stereocenters. The quantitative estimate of drug-likeness (QED) is 0.591. The van der Waals surface area contributed by atoms with Gasteiger partial charge in [0.25, 0.3) is 0 Å². The Balaban J connectivity index is 1.66. The van der Waals surface area contributed by atoms with Crippen LogP contribution in [0, 0.1) is 23.7 Å². The maximum Gasteiger partial charge on any atom is 0.00158 e. The molecule has 0 spiro atoms. The highest BCUT2D eigenvalue weighted by Crippen LogP contribution is 2.37. The lowest BCUT2D eigenvalue weighted by Crippen LogP contribution is -2.10. The van der Waals surface area contributed by atoms with Gasteiger partial charge in [-0.15, -0.1) is 0 Å². The number of rotatable bonds is 2. The van der Waals surface area contributed by atoms with Crippen molar-refractivity contribution in [2.75, 3.05) is 0 Å². The van der Waals surface area contributed by atoms with Crippen molar-refractivity contribution in [3.05, 3.63) is 60.8 Å². The molecule has 0 aliphatic heterocycles. The maximum atomic E-state index is 2.41. The summed E-state index contributed by atoms with van der Waals surface area (Å²) in [5, 5.41) is 0. The highest BCUT2D eigenvalue weighted by molar-refractivity contribution is 5.26. The van der Waals surface area contributed by atoms with Crippen molar-refractivity contribution in [1.82, 2.24) is 0 Å². The van der Waals surface area contributed by atoms with Crippen molar-refractivity contribution in [3.63, 3.8) is 0 Å². The summed E-state index contributed by atoms with van der Waals surface area (Å²) in [4.78, 5) is 0. The third-order valence-electron chi connectivity index (χ3n) is 3.69. The predicted octanol–water partition coefficient (Wildman–Crippen LogP) is 3.66. The molecule has 0 nitrogen and oxygen atoms in total. The van der Waals surface area contributed by atoms with Crippen LogP contribution < -0.4 is 0 Å². The summed E-state index contributed by atoms with van der Waals surface area (Å²) in [7, 11) is 0. The van der Waals surface area contributed by atoms with Crippen LogP contribution in [0.5, 0.6) is 0 Å². The lowest BCUT2D eigenvalue weighted by Gasteiger charge is -2.18. The molecule has 0 saturated heterocycles. The van der Waals surface area contributed by atoms with E-state index >= 15 is 0 Å². The molecule has 3 aliphatic rings. The second kappa shape index (κ2) is 3.69. The molecule has 15 heavy (non-hydrogen) atoms. The molecule has 0 bridgehead atoms. The lowest BCUT2D eigenvalue weighted by molar-refractivity contribution is 0.440. The van der Waals surface area contributed by atoms with Gasteiger partial charge in [-0.25, -0.2) is 0 Å². The fraction of sp³-hybridized carbons (Fsp3) is 0.333. The maximum absolute atomic E-state index is 2.41. The highest BCUT2D eigenvalue weighted by atomic mass is 14.3. The van der Waals surface area contributed by atoms with E-state index in [0.29, 0.717) is 11.8 Å². The summed E-state index contributed by atoms with van der Waals surface area (Å²) in [6, 6.07) is 0. The van der Waals surface area contributed by atoms with Crippen LogP contribution in [0.4, 0.5) is 0 Å². The molecule has 2 atom stereocenters. The topological polar surface area (TPSA) is 0 Å². The second-order valence-corrected chi connectivity index (χ2v) is 4.64. The van der Waals surface area contributed by atoms with Crippen LogP contribution in [0.25, 0.3) is 0 Å². The van der Waals surface area contributed by atoms with E-state index < -0.39 is 0 Å². The van der Waals surface area contributed by atoms with Gasteiger partial charge in [-0.05, 0) is 18.3 Å². The van der Waals surface area contributed by atoms with Crippen LogP contribution in [0.1, 0.15) is 6.42 Å². The summed E-state index contributed by atoms with van der Waals surface area (Å²) in [6.07, 6.45) is 24.1. The molecule has 0 radical (unpaired) electrons. The molecule has 3 rings (SSSR count). The van der Waals surface area contributed by atoms with Crippen LogP contribution in [0.2, 0.25) is 0 Å². The summed E-state index contributed by atoms with van der Waals surface area (Å²) < 4.78 is 0. The van der Waals surface area contributed by atoms with Crippen LogP contribution in [-0.4, -0.2) is 0 Å². The van der Waals surface area contributed by atoms with Crippen LogP contribution in [-0.2, 0) is 0 Å². The van der Waals surface area contributed by atoms with Gasteiger partial charge in [0.2, 0.25) is 0 Å². The van der Waals surface area contributed by atoms with Crippen LogP contribution in [0.3, 0.4) is 0 Å². The third kappa shape index (κ3) is 1.65. The molecule has 0 fully saturated rings. The smallest absolute Gasteiger partial charge is 0.00158 e. The van der Waals surface area contributed by atoms with Gasteiger partial charge in [0.1, 0.15) is 0 Å². The largest absolute Gasteiger partial charge is 0.0842 e. The summed E-state index contributed by atoms with van der Waals surface area (Å²) in [5.41, 5.74) is 0. The molecular formula is C15H16. The fourth-order valence-electron chi connectivity index (χ4n) is 2.80. The molecular weight excluding hydrogens is 180 g/mol. The van der Waals surface area contributed by atoms with Gasteiger partial charge < -0.3 is 0 Å². The molecule has 0 amide bonds. The van der Waals surface area contributed by atoms with Gasteiger partial charge >= 0.3 is 0 Å². The highest BCUT2D eigenvalue weighted by Gasteiger charge is 2.27. The number of hydrogen-bond acceptors (Lipinski definition) is 0. The minimum absolute atomic E-state index is 0.653. The first kappa shape index (κ1) is 8.96. The Morgan fingerprint density at radius 3 is 1.33 bits per heavy atom. The normalized spacial score (nSPS) is 33.9. The standard InChI is InChI=1S/C15H16/c1-2-6-12(5-1)14-9-10-15(11-14)13-7-3-4-8-13/h1-10,12-15H,11H2. The Kier molecular flexibility index (Phi) is 2.21. The fourth-order valence-corrected chi connectivity index (χ4v) is 2.80. The minimum Gasteiger partial charge on any atom is -0.0842 e. The van der Waals surface area contributed by atoms with Crippen molar-refractivity contribution < 1.29 is 0 Å². The van der Waals surface area contributed by atoms with E-state index in [-0.39, 0.29) is 0 Å². The van der Waals surface area contributed by atoms with E-state index in [9.17, 15) is 0 Å². The second-order valence-electron chi connectivity index (χ2n) is 4.64. The Morgan fingerprint density at radius 2 is 0.933 bits per heavy atom. The first-order valence-electron chi connectivity index (χ1n) is 5.82. The van der Waals surface area contributed by atoms with Crippen molar-refractivity contribution in [1.29, 1.82) is 0 Å². The van der Waals surface area contributed by atoms with E-state index in [0.717, 1.165) is 11.8 Å². The summed E-state index contributed by atoms with van der Waals surface area (Å²) in [6.45, 7) is 0. The molecule has 0 heteroatoms. The SMILES string of the molecule is C1=CC(C2C=CC(C3C=CC=C3)C2)C=C1. The molecule has 3 aliphatic carbocycles. The molecule has 0 aromatic carbocycles. The summed E-state index contributed by atoms with van der Waals surface area (Å²) >= 11 is 0. The van der Waals surface area contributed by atoms with Crippen molar-refractivity contribution in [3.8, 4) is 0 Å². The predicted molar refractivity (Wildman–Crippen MR) is 64.3 cm³/mol. The summed E-state index contributed by atoms with van der Waals surface area (Å²) in [5.74, 6) is 2.76. The van der Waals surface area contributed by atoms with Crippen LogP contribution in [0.15, 0.2) is 60.8 Å². The van der Waals surface area contributed by atoms with Gasteiger partial charge in [-0.2, -0.15) is 0 Å². The monoisotopic (exact) mass is 196 g/mol. The molecule has 0 N–H and O–H groups in total. The van der Waals surface area contributed by atoms with E-state index in [1.165, 1.54) is 6.42 Å². The number of allylic oxidation sites excluding steroid dienone is 10. The molecule has 0 heterocycles. The molecule has 76 valence electrons. The minimum atomic E-state index is 0.653. The Labute approximate surface area is 91.4 Å². The first-order chi connectivity index (χ1) is 7.43. The van der Waals surface area contributed by atoms with E-state index in [2.05, 4.69) is 60.8 Å². The Morgan fingerprint density at radius 1 is 0.533 bits per heavy atom. The zero-order chi connectivity index (χ0) is 10.1. The zero-order valence-corrected chi connectivity index (χ0v) is 8.79. The average Bonchev–Trinajstić information content (AvgIpc) is 3.02. The Bertz CT molecular complexity index is 319. The van der Waals surface area contributed by atoms with Crippen molar-refractivity contribution >= 4 is 0 Å². The van der Waals surface area contributed by atoms with Crippen LogP contribution >= 0.6 is 0 Å².